The smallest absolute Gasteiger partial charge is 0.333 e. The van der Waals surface area contributed by atoms with Gasteiger partial charge >= 0.3 is 11.9 Å². The van der Waals surface area contributed by atoms with Crippen LogP contribution in [0.1, 0.15) is 42.5 Å². The molecule has 0 amide bonds. The van der Waals surface area contributed by atoms with Crippen molar-refractivity contribution >= 4 is 33.5 Å². The van der Waals surface area contributed by atoms with Gasteiger partial charge in [-0.25, -0.2) is 9.59 Å². The summed E-state index contributed by atoms with van der Waals surface area (Å²) >= 11 is 0. The molecule has 1 aliphatic rings. The van der Waals surface area contributed by atoms with Crippen molar-refractivity contribution in [2.24, 2.45) is 0 Å². The van der Waals surface area contributed by atoms with Crippen molar-refractivity contribution in [2.75, 3.05) is 26.4 Å². The van der Waals surface area contributed by atoms with E-state index in [-0.39, 0.29) is 26.4 Å². The van der Waals surface area contributed by atoms with E-state index in [1.807, 2.05) is 24.3 Å². The third-order valence-electron chi connectivity index (χ3n) is 8.78. The van der Waals surface area contributed by atoms with E-state index in [9.17, 15) is 9.59 Å². The molecule has 0 fully saturated rings. The van der Waals surface area contributed by atoms with Crippen LogP contribution < -0.4 is 9.47 Å². The highest BCUT2D eigenvalue weighted by atomic mass is 16.6. The van der Waals surface area contributed by atoms with Gasteiger partial charge in [0, 0.05) is 27.3 Å². The average molecular weight is 627 g/mol. The van der Waals surface area contributed by atoms with Crippen LogP contribution in [0.4, 0.5) is 0 Å². The number of rotatable bonds is 12. The van der Waals surface area contributed by atoms with Crippen molar-refractivity contribution in [1.82, 2.24) is 0 Å². The first-order valence-corrected chi connectivity index (χ1v) is 15.8. The van der Waals surface area contributed by atoms with Crippen LogP contribution in [0, 0.1) is 0 Å². The van der Waals surface area contributed by atoms with Crippen molar-refractivity contribution in [3.63, 3.8) is 0 Å². The van der Waals surface area contributed by atoms with Crippen molar-refractivity contribution in [3.05, 3.63) is 144 Å². The lowest BCUT2D eigenvalue weighted by atomic mass is 9.67. The lowest BCUT2D eigenvalue weighted by Gasteiger charge is -2.35. The van der Waals surface area contributed by atoms with Gasteiger partial charge in [0.05, 0.1) is 0 Å². The van der Waals surface area contributed by atoms with E-state index in [0.717, 1.165) is 45.9 Å². The van der Waals surface area contributed by atoms with Crippen molar-refractivity contribution < 1.29 is 28.5 Å². The third kappa shape index (κ3) is 6.11. The quantitative estimate of drug-likeness (QED) is 0.0789. The zero-order chi connectivity index (χ0) is 33.0. The lowest BCUT2D eigenvalue weighted by Crippen LogP contribution is -2.27. The van der Waals surface area contributed by atoms with Gasteiger partial charge < -0.3 is 18.9 Å². The second-order valence-corrected chi connectivity index (χ2v) is 11.9. The fraction of sp³-hybridized carbons (Fsp3) is 0.220. The minimum atomic E-state index is -0.444. The summed E-state index contributed by atoms with van der Waals surface area (Å²) in [5.74, 6) is 0.618. The summed E-state index contributed by atoms with van der Waals surface area (Å²) in [6.07, 6.45) is 1.84. The van der Waals surface area contributed by atoms with E-state index >= 15 is 0 Å². The largest absolute Gasteiger partial charge is 0.489 e. The Balaban J connectivity index is 1.43. The van der Waals surface area contributed by atoms with Crippen LogP contribution in [0.15, 0.2) is 121 Å². The molecule has 0 saturated heterocycles. The first-order chi connectivity index (χ1) is 22.8. The predicted molar refractivity (Wildman–Crippen MR) is 185 cm³/mol. The van der Waals surface area contributed by atoms with Gasteiger partial charge in [-0.15, -0.1) is 0 Å². The zero-order valence-electron chi connectivity index (χ0n) is 26.8. The molecule has 0 spiro atoms. The highest BCUT2D eigenvalue weighted by Crippen LogP contribution is 2.53. The molecule has 6 rings (SSSR count). The van der Waals surface area contributed by atoms with Gasteiger partial charge in [-0.1, -0.05) is 98.1 Å². The number of ether oxygens (including phenoxy) is 4. The minimum Gasteiger partial charge on any atom is -0.489 e. The topological polar surface area (TPSA) is 71.1 Å². The fourth-order valence-corrected chi connectivity index (χ4v) is 6.67. The van der Waals surface area contributed by atoms with Gasteiger partial charge in [-0.05, 0) is 71.8 Å². The number of benzene rings is 5. The van der Waals surface area contributed by atoms with Crippen LogP contribution in [0.5, 0.6) is 11.5 Å². The maximum absolute atomic E-state index is 11.8. The van der Waals surface area contributed by atoms with Crippen LogP contribution in [0.2, 0.25) is 0 Å². The Hall–Kier alpha value is -5.36. The van der Waals surface area contributed by atoms with Gasteiger partial charge in [0.25, 0.3) is 0 Å². The fourth-order valence-electron chi connectivity index (χ4n) is 6.67. The van der Waals surface area contributed by atoms with Crippen molar-refractivity contribution in [1.29, 1.82) is 0 Å². The second-order valence-electron chi connectivity index (χ2n) is 11.9. The molecule has 0 aliphatic heterocycles. The molecule has 6 nitrogen and oxygen atoms in total. The standard InChI is InChI=1S/C41H38O6/c1-27(2)39(42)46-25-23-44-37-19-17-35(30-12-6-8-14-32(30)37)41(22-21-29-11-5-10-16-34(29)41)36-18-20-38(33-15-9-7-13-31(33)36)45-24-26-47-40(43)28(3)4/h5-20H,1,3,21-26H2,2,4H3. The van der Waals surface area contributed by atoms with Crippen LogP contribution in [0.25, 0.3) is 21.5 Å². The van der Waals surface area contributed by atoms with Gasteiger partial charge in [-0.3, -0.25) is 0 Å². The monoisotopic (exact) mass is 626 g/mol. The van der Waals surface area contributed by atoms with E-state index in [0.29, 0.717) is 11.1 Å². The Morgan fingerprint density at radius 2 is 1.02 bits per heavy atom. The Labute approximate surface area is 275 Å². The number of esters is 2. The number of hydrogen-bond donors (Lipinski definition) is 0. The van der Waals surface area contributed by atoms with E-state index in [2.05, 4.69) is 86.0 Å². The normalized spacial score (nSPS) is 13.1. The first-order valence-electron chi connectivity index (χ1n) is 15.8. The molecule has 0 saturated carbocycles. The molecule has 5 aromatic rings. The summed E-state index contributed by atoms with van der Waals surface area (Å²) in [6, 6.07) is 33.8. The maximum atomic E-state index is 11.8. The van der Waals surface area contributed by atoms with Crippen molar-refractivity contribution in [2.45, 2.75) is 32.1 Å². The van der Waals surface area contributed by atoms with Gasteiger partial charge in [0.2, 0.25) is 0 Å². The molecule has 0 heterocycles. The summed E-state index contributed by atoms with van der Waals surface area (Å²) in [5.41, 5.74) is 5.29. The maximum Gasteiger partial charge on any atom is 0.333 e. The Kier molecular flexibility index (Phi) is 9.12. The van der Waals surface area contributed by atoms with Crippen LogP contribution in [-0.4, -0.2) is 38.4 Å². The number of fused-ring (bicyclic) bond motifs is 3. The summed E-state index contributed by atoms with van der Waals surface area (Å²) in [7, 11) is 0. The van der Waals surface area contributed by atoms with Crippen LogP contribution in [0.3, 0.4) is 0 Å². The lowest BCUT2D eigenvalue weighted by molar-refractivity contribution is -0.140. The molecule has 238 valence electrons. The molecule has 47 heavy (non-hydrogen) atoms. The highest BCUT2D eigenvalue weighted by molar-refractivity contribution is 5.97. The molecule has 0 unspecified atom stereocenters. The molecular formula is C41H38O6. The summed E-state index contributed by atoms with van der Waals surface area (Å²) in [5, 5.41) is 4.19. The molecular weight excluding hydrogens is 588 g/mol. The number of hydrogen-bond acceptors (Lipinski definition) is 6. The molecule has 0 bridgehead atoms. The van der Waals surface area contributed by atoms with E-state index in [1.165, 1.54) is 22.3 Å². The molecule has 1 aliphatic carbocycles. The molecule has 0 radical (unpaired) electrons. The number of carbonyl (C=O) groups is 2. The first kappa shape index (κ1) is 31.6. The van der Waals surface area contributed by atoms with Gasteiger partial charge in [0.1, 0.15) is 37.9 Å². The average Bonchev–Trinajstić information content (AvgIpc) is 3.48. The third-order valence-corrected chi connectivity index (χ3v) is 8.78. The molecule has 0 N–H and O–H groups in total. The van der Waals surface area contributed by atoms with Crippen molar-refractivity contribution in [3.8, 4) is 11.5 Å². The summed E-state index contributed by atoms with van der Waals surface area (Å²) in [4.78, 5) is 23.7. The molecule has 0 atom stereocenters. The molecule has 0 aromatic heterocycles. The Morgan fingerprint density at radius 1 is 0.574 bits per heavy atom. The number of carbonyl (C=O) groups excluding carboxylic acids is 2. The summed E-state index contributed by atoms with van der Waals surface area (Å²) in [6.45, 7) is 11.3. The molecule has 5 aromatic carbocycles. The van der Waals surface area contributed by atoms with Gasteiger partial charge in [-0.2, -0.15) is 0 Å². The molecule has 6 heteroatoms. The number of aryl methyl sites for hydroxylation is 1. The Bertz CT molecular complexity index is 1890. The SMILES string of the molecule is C=C(C)C(=O)OCCOc1ccc(C2(c3ccc(OCCOC(=O)C(=C)C)c4ccccc34)CCc3ccccc32)c2ccccc12. The van der Waals surface area contributed by atoms with E-state index in [1.54, 1.807) is 13.8 Å². The zero-order valence-corrected chi connectivity index (χ0v) is 26.8. The van der Waals surface area contributed by atoms with Crippen LogP contribution in [-0.2, 0) is 30.9 Å². The second kappa shape index (κ2) is 13.6. The highest BCUT2D eigenvalue weighted by Gasteiger charge is 2.44. The Morgan fingerprint density at radius 3 is 1.51 bits per heavy atom. The van der Waals surface area contributed by atoms with Gasteiger partial charge in [0.15, 0.2) is 0 Å². The van der Waals surface area contributed by atoms with E-state index in [4.69, 9.17) is 18.9 Å². The predicted octanol–water partition coefficient (Wildman–Crippen LogP) is 8.27. The summed E-state index contributed by atoms with van der Waals surface area (Å²) < 4.78 is 22.9. The minimum absolute atomic E-state index is 0.135. The van der Waals surface area contributed by atoms with Crippen LogP contribution >= 0.6 is 0 Å². The van der Waals surface area contributed by atoms with E-state index < -0.39 is 17.4 Å².